The lowest BCUT2D eigenvalue weighted by Crippen LogP contribution is -2.37. The third-order valence-electron chi connectivity index (χ3n) is 3.19. The molecule has 2 nitrogen and oxygen atoms in total. The van der Waals surface area contributed by atoms with Gasteiger partial charge in [0.25, 0.3) is 0 Å². The van der Waals surface area contributed by atoms with Crippen molar-refractivity contribution in [1.82, 2.24) is 5.32 Å². The smallest absolute Gasteiger partial charge is 0.119 e. The van der Waals surface area contributed by atoms with E-state index < -0.39 is 0 Å². The summed E-state index contributed by atoms with van der Waals surface area (Å²) in [5.74, 6) is 2.27. The van der Waals surface area contributed by atoms with Gasteiger partial charge in [-0.1, -0.05) is 39.8 Å². The van der Waals surface area contributed by atoms with Crippen LogP contribution in [0.5, 0.6) is 5.75 Å². The summed E-state index contributed by atoms with van der Waals surface area (Å²) in [7, 11) is 0. The second-order valence-corrected chi connectivity index (χ2v) is 5.48. The average molecular weight is 249 g/mol. The lowest BCUT2D eigenvalue weighted by Gasteiger charge is -2.26. The highest BCUT2D eigenvalue weighted by atomic mass is 16.5. The minimum Gasteiger partial charge on any atom is -0.494 e. The van der Waals surface area contributed by atoms with E-state index in [-0.39, 0.29) is 0 Å². The van der Waals surface area contributed by atoms with Gasteiger partial charge in [-0.25, -0.2) is 0 Å². The Labute approximate surface area is 112 Å². The number of rotatable bonds is 7. The molecule has 1 aromatic carbocycles. The molecule has 0 aliphatic carbocycles. The molecule has 0 aromatic heterocycles. The molecule has 0 saturated heterocycles. The molecule has 18 heavy (non-hydrogen) atoms. The topological polar surface area (TPSA) is 21.3 Å². The summed E-state index contributed by atoms with van der Waals surface area (Å²) >= 11 is 0. The summed E-state index contributed by atoms with van der Waals surface area (Å²) < 4.78 is 5.52. The Bertz CT molecular complexity index is 339. The van der Waals surface area contributed by atoms with Gasteiger partial charge in [-0.3, -0.25) is 0 Å². The molecule has 0 heterocycles. The fourth-order valence-corrected chi connectivity index (χ4v) is 2.39. The molecule has 0 atom stereocenters. The van der Waals surface area contributed by atoms with Crippen molar-refractivity contribution in [3.63, 3.8) is 0 Å². The van der Waals surface area contributed by atoms with Crippen molar-refractivity contribution in [2.45, 2.75) is 47.2 Å². The molecular weight excluding hydrogens is 222 g/mol. The summed E-state index contributed by atoms with van der Waals surface area (Å²) in [6, 6.07) is 8.89. The molecule has 1 aromatic rings. The van der Waals surface area contributed by atoms with Crippen LogP contribution in [0.3, 0.4) is 0 Å². The zero-order valence-electron chi connectivity index (χ0n) is 12.4. The molecule has 0 radical (unpaired) electrons. The van der Waals surface area contributed by atoms with Crippen molar-refractivity contribution in [3.8, 4) is 5.75 Å². The minimum absolute atomic E-state index is 0.556. The van der Waals surface area contributed by atoms with Gasteiger partial charge in [-0.05, 0) is 36.5 Å². The van der Waals surface area contributed by atoms with Crippen LogP contribution >= 0.6 is 0 Å². The van der Waals surface area contributed by atoms with Gasteiger partial charge in [0.2, 0.25) is 0 Å². The molecule has 0 spiro atoms. The molecule has 102 valence electrons. The summed E-state index contributed by atoms with van der Waals surface area (Å²) in [5.41, 5.74) is 1.28. The van der Waals surface area contributed by atoms with E-state index in [1.165, 1.54) is 5.56 Å². The first-order valence-corrected chi connectivity index (χ1v) is 6.99. The third-order valence-corrected chi connectivity index (χ3v) is 3.19. The highest BCUT2D eigenvalue weighted by Gasteiger charge is 2.16. The van der Waals surface area contributed by atoms with Gasteiger partial charge >= 0.3 is 0 Å². The highest BCUT2D eigenvalue weighted by molar-refractivity contribution is 5.28. The van der Waals surface area contributed by atoms with E-state index in [1.807, 2.05) is 13.0 Å². The second kappa shape index (κ2) is 7.42. The van der Waals surface area contributed by atoms with Crippen LogP contribution in [0.2, 0.25) is 0 Å². The molecule has 0 aliphatic rings. The first kappa shape index (κ1) is 15.0. The fraction of sp³-hybridized carbons (Fsp3) is 0.625. The second-order valence-electron chi connectivity index (χ2n) is 5.48. The largest absolute Gasteiger partial charge is 0.494 e. The third kappa shape index (κ3) is 4.69. The van der Waals surface area contributed by atoms with Crippen LogP contribution in [-0.4, -0.2) is 12.6 Å². The zero-order valence-corrected chi connectivity index (χ0v) is 12.4. The Balaban J connectivity index is 2.59. The summed E-state index contributed by atoms with van der Waals surface area (Å²) in [5, 5.41) is 3.65. The van der Waals surface area contributed by atoms with Gasteiger partial charge in [-0.2, -0.15) is 0 Å². The van der Waals surface area contributed by atoms with E-state index in [2.05, 4.69) is 51.2 Å². The van der Waals surface area contributed by atoms with Crippen molar-refractivity contribution >= 4 is 0 Å². The molecular formula is C16H27NO. The lowest BCUT2D eigenvalue weighted by atomic mass is 9.93. The maximum atomic E-state index is 5.52. The quantitative estimate of drug-likeness (QED) is 0.792. The predicted octanol–water partition coefficient (Wildman–Crippen LogP) is 3.86. The molecule has 0 amide bonds. The van der Waals surface area contributed by atoms with Crippen LogP contribution in [0.25, 0.3) is 0 Å². The van der Waals surface area contributed by atoms with Crippen molar-refractivity contribution < 1.29 is 4.74 Å². The fourth-order valence-electron chi connectivity index (χ4n) is 2.39. The minimum atomic E-state index is 0.556. The van der Waals surface area contributed by atoms with Crippen LogP contribution in [0, 0.1) is 11.8 Å². The van der Waals surface area contributed by atoms with Gasteiger partial charge < -0.3 is 10.1 Å². The Morgan fingerprint density at radius 3 is 2.33 bits per heavy atom. The van der Waals surface area contributed by atoms with E-state index in [1.54, 1.807) is 0 Å². The summed E-state index contributed by atoms with van der Waals surface area (Å²) in [6.07, 6.45) is 0. The number of benzene rings is 1. The van der Waals surface area contributed by atoms with Crippen molar-refractivity contribution in [2.24, 2.45) is 11.8 Å². The molecule has 1 rings (SSSR count). The monoisotopic (exact) mass is 249 g/mol. The molecule has 2 heteroatoms. The normalized spacial score (nSPS) is 11.6. The maximum Gasteiger partial charge on any atom is 0.119 e. The van der Waals surface area contributed by atoms with Gasteiger partial charge in [0.1, 0.15) is 5.75 Å². The van der Waals surface area contributed by atoms with Gasteiger partial charge in [-0.15, -0.1) is 0 Å². The summed E-state index contributed by atoms with van der Waals surface area (Å²) in [4.78, 5) is 0. The maximum absolute atomic E-state index is 5.52. The van der Waals surface area contributed by atoms with Crippen LogP contribution in [0.4, 0.5) is 0 Å². The molecule has 0 bridgehead atoms. The van der Waals surface area contributed by atoms with E-state index in [0.717, 1.165) is 18.9 Å². The van der Waals surface area contributed by atoms with E-state index >= 15 is 0 Å². The van der Waals surface area contributed by atoms with Gasteiger partial charge in [0.15, 0.2) is 0 Å². The molecule has 0 unspecified atom stereocenters. The lowest BCUT2D eigenvalue weighted by molar-refractivity contribution is 0.312. The van der Waals surface area contributed by atoms with Crippen LogP contribution in [0.1, 0.15) is 40.2 Å². The molecule has 0 saturated carbocycles. The van der Waals surface area contributed by atoms with E-state index in [0.29, 0.717) is 17.9 Å². The Kier molecular flexibility index (Phi) is 6.20. The molecule has 0 fully saturated rings. The van der Waals surface area contributed by atoms with Crippen LogP contribution < -0.4 is 10.1 Å². The number of ether oxygens (including phenoxy) is 1. The first-order valence-electron chi connectivity index (χ1n) is 6.99. The summed E-state index contributed by atoms with van der Waals surface area (Å²) in [6.45, 7) is 12.7. The average Bonchev–Trinajstić information content (AvgIpc) is 2.29. The molecule has 1 N–H and O–H groups in total. The van der Waals surface area contributed by atoms with Crippen molar-refractivity contribution in [2.75, 3.05) is 6.61 Å². The zero-order chi connectivity index (χ0) is 13.5. The van der Waals surface area contributed by atoms with Gasteiger partial charge in [0, 0.05) is 12.6 Å². The van der Waals surface area contributed by atoms with Crippen molar-refractivity contribution in [3.05, 3.63) is 29.8 Å². The Morgan fingerprint density at radius 2 is 1.78 bits per heavy atom. The Hall–Kier alpha value is -1.02. The van der Waals surface area contributed by atoms with E-state index in [4.69, 9.17) is 4.74 Å². The van der Waals surface area contributed by atoms with Crippen LogP contribution in [-0.2, 0) is 6.54 Å². The number of hydrogen-bond acceptors (Lipinski definition) is 2. The highest BCUT2D eigenvalue weighted by Crippen LogP contribution is 2.16. The predicted molar refractivity (Wildman–Crippen MR) is 77.9 cm³/mol. The van der Waals surface area contributed by atoms with Gasteiger partial charge in [0.05, 0.1) is 6.61 Å². The SMILES string of the molecule is CCOc1cccc(CNC(C(C)C)C(C)C)c1. The first-order chi connectivity index (χ1) is 8.54. The Morgan fingerprint density at radius 1 is 1.11 bits per heavy atom. The number of nitrogens with one attached hydrogen (secondary N) is 1. The standard InChI is InChI=1S/C16H27NO/c1-6-18-15-9-7-8-14(10-15)11-17-16(12(2)3)13(4)5/h7-10,12-13,16-17H,6,11H2,1-5H3. The van der Waals surface area contributed by atoms with Crippen molar-refractivity contribution in [1.29, 1.82) is 0 Å². The van der Waals surface area contributed by atoms with Crippen LogP contribution in [0.15, 0.2) is 24.3 Å². The number of hydrogen-bond donors (Lipinski definition) is 1. The molecule has 0 aliphatic heterocycles. The van der Waals surface area contributed by atoms with E-state index in [9.17, 15) is 0 Å².